The maximum atomic E-state index is 11.7. The predicted octanol–water partition coefficient (Wildman–Crippen LogP) is 1.89. The van der Waals surface area contributed by atoms with Crippen molar-refractivity contribution in [3.8, 4) is 0 Å². The van der Waals surface area contributed by atoms with Gasteiger partial charge in [0.2, 0.25) is 0 Å². The molecule has 1 aromatic rings. The van der Waals surface area contributed by atoms with Crippen LogP contribution in [-0.2, 0) is 4.79 Å². The zero-order valence-corrected chi connectivity index (χ0v) is 11.8. The molecular formula is C14H21N3O3. The fourth-order valence-electron chi connectivity index (χ4n) is 1.81. The third-order valence-corrected chi connectivity index (χ3v) is 2.77. The average molecular weight is 279 g/mol. The second-order valence-electron chi connectivity index (χ2n) is 4.62. The van der Waals surface area contributed by atoms with E-state index < -0.39 is 5.97 Å². The van der Waals surface area contributed by atoms with Crippen molar-refractivity contribution in [1.82, 2.24) is 10.3 Å². The standard InChI is InChI=1S/C14H21N3O3/c1-3-15-14(20)12-9-11(7-8-16-12)17-10(2)5-4-6-13(18)19/h7-10H,3-6H2,1-2H3,(H,15,20)(H,16,17)(H,18,19). The molecule has 0 aliphatic heterocycles. The van der Waals surface area contributed by atoms with Crippen LogP contribution >= 0.6 is 0 Å². The van der Waals surface area contributed by atoms with E-state index in [1.165, 1.54) is 0 Å². The highest BCUT2D eigenvalue weighted by atomic mass is 16.4. The summed E-state index contributed by atoms with van der Waals surface area (Å²) in [7, 11) is 0. The highest BCUT2D eigenvalue weighted by Gasteiger charge is 2.08. The Morgan fingerprint density at radius 1 is 1.45 bits per heavy atom. The van der Waals surface area contributed by atoms with Crippen molar-refractivity contribution >= 4 is 17.6 Å². The number of amides is 1. The van der Waals surface area contributed by atoms with E-state index >= 15 is 0 Å². The largest absolute Gasteiger partial charge is 0.481 e. The lowest BCUT2D eigenvalue weighted by molar-refractivity contribution is -0.137. The topological polar surface area (TPSA) is 91.3 Å². The molecule has 0 spiro atoms. The molecular weight excluding hydrogens is 258 g/mol. The minimum absolute atomic E-state index is 0.138. The van der Waals surface area contributed by atoms with Crippen LogP contribution < -0.4 is 10.6 Å². The number of nitrogens with one attached hydrogen (secondary N) is 2. The molecule has 0 aromatic carbocycles. The highest BCUT2D eigenvalue weighted by Crippen LogP contribution is 2.12. The number of nitrogens with zero attached hydrogens (tertiary/aromatic N) is 1. The van der Waals surface area contributed by atoms with E-state index in [-0.39, 0.29) is 18.4 Å². The molecule has 1 atom stereocenters. The number of carboxylic acids is 1. The first-order chi connectivity index (χ1) is 9.52. The molecule has 6 heteroatoms. The van der Waals surface area contributed by atoms with Gasteiger partial charge in [0.15, 0.2) is 0 Å². The van der Waals surface area contributed by atoms with E-state index in [0.29, 0.717) is 18.7 Å². The van der Waals surface area contributed by atoms with Gasteiger partial charge >= 0.3 is 5.97 Å². The van der Waals surface area contributed by atoms with Crippen LogP contribution in [0.3, 0.4) is 0 Å². The van der Waals surface area contributed by atoms with Crippen molar-refractivity contribution in [3.05, 3.63) is 24.0 Å². The summed E-state index contributed by atoms with van der Waals surface area (Å²) in [6, 6.07) is 3.62. The molecule has 110 valence electrons. The Bertz CT molecular complexity index is 463. The fourth-order valence-corrected chi connectivity index (χ4v) is 1.81. The summed E-state index contributed by atoms with van der Waals surface area (Å²) >= 11 is 0. The third-order valence-electron chi connectivity index (χ3n) is 2.77. The lowest BCUT2D eigenvalue weighted by Crippen LogP contribution is -2.24. The number of hydrogen-bond donors (Lipinski definition) is 3. The van der Waals surface area contributed by atoms with E-state index in [2.05, 4.69) is 15.6 Å². The van der Waals surface area contributed by atoms with Crippen molar-refractivity contribution in [3.63, 3.8) is 0 Å². The third kappa shape index (κ3) is 5.69. The number of aromatic nitrogens is 1. The Hall–Kier alpha value is -2.11. The number of pyridine rings is 1. The summed E-state index contributed by atoms with van der Waals surface area (Å²) in [6.45, 7) is 4.39. The number of carboxylic acid groups (broad SMARTS) is 1. The van der Waals surface area contributed by atoms with Gasteiger partial charge in [-0.25, -0.2) is 0 Å². The van der Waals surface area contributed by atoms with Crippen LogP contribution in [0.15, 0.2) is 18.3 Å². The van der Waals surface area contributed by atoms with E-state index in [4.69, 9.17) is 5.11 Å². The van der Waals surface area contributed by atoms with Gasteiger partial charge in [-0.05, 0) is 38.8 Å². The maximum absolute atomic E-state index is 11.7. The van der Waals surface area contributed by atoms with Gasteiger partial charge in [-0.3, -0.25) is 14.6 Å². The summed E-state index contributed by atoms with van der Waals surface area (Å²) in [6.07, 6.45) is 3.13. The average Bonchev–Trinajstić information content (AvgIpc) is 2.38. The number of carbonyl (C=O) groups is 2. The molecule has 0 aliphatic rings. The smallest absolute Gasteiger partial charge is 0.303 e. The second kappa shape index (κ2) is 8.14. The van der Waals surface area contributed by atoms with E-state index in [0.717, 1.165) is 12.1 Å². The molecule has 0 saturated carbocycles. The minimum Gasteiger partial charge on any atom is -0.481 e. The lowest BCUT2D eigenvalue weighted by Gasteiger charge is -2.15. The molecule has 6 nitrogen and oxygen atoms in total. The maximum Gasteiger partial charge on any atom is 0.303 e. The quantitative estimate of drug-likeness (QED) is 0.676. The van der Waals surface area contributed by atoms with Gasteiger partial charge < -0.3 is 15.7 Å². The van der Waals surface area contributed by atoms with Crippen LogP contribution in [0.5, 0.6) is 0 Å². The molecule has 1 rings (SSSR count). The predicted molar refractivity (Wildman–Crippen MR) is 76.8 cm³/mol. The van der Waals surface area contributed by atoms with Gasteiger partial charge in [0.05, 0.1) is 0 Å². The van der Waals surface area contributed by atoms with Gasteiger partial charge in [0.25, 0.3) is 5.91 Å². The first kappa shape index (κ1) is 15.9. The first-order valence-corrected chi connectivity index (χ1v) is 6.75. The Kier molecular flexibility index (Phi) is 6.49. The van der Waals surface area contributed by atoms with Crippen LogP contribution in [0.25, 0.3) is 0 Å². The van der Waals surface area contributed by atoms with Crippen molar-refractivity contribution in [1.29, 1.82) is 0 Å². The zero-order valence-electron chi connectivity index (χ0n) is 11.8. The Morgan fingerprint density at radius 3 is 2.85 bits per heavy atom. The van der Waals surface area contributed by atoms with Crippen LogP contribution in [-0.4, -0.2) is 34.6 Å². The molecule has 0 radical (unpaired) electrons. The van der Waals surface area contributed by atoms with Crippen molar-refractivity contribution in [2.24, 2.45) is 0 Å². The van der Waals surface area contributed by atoms with Crippen LogP contribution in [0.4, 0.5) is 5.69 Å². The molecule has 1 amide bonds. The SMILES string of the molecule is CCNC(=O)c1cc(NC(C)CCCC(=O)O)ccn1. The van der Waals surface area contributed by atoms with Crippen molar-refractivity contribution < 1.29 is 14.7 Å². The Morgan fingerprint density at radius 2 is 2.20 bits per heavy atom. The van der Waals surface area contributed by atoms with Gasteiger partial charge in [-0.15, -0.1) is 0 Å². The Balaban J connectivity index is 2.52. The van der Waals surface area contributed by atoms with Crippen molar-refractivity contribution in [2.45, 2.75) is 39.2 Å². The summed E-state index contributed by atoms with van der Waals surface area (Å²) in [5.74, 6) is -0.977. The second-order valence-corrected chi connectivity index (χ2v) is 4.62. The summed E-state index contributed by atoms with van der Waals surface area (Å²) in [5, 5.41) is 14.5. The summed E-state index contributed by atoms with van der Waals surface area (Å²) in [5.41, 5.74) is 1.18. The number of carbonyl (C=O) groups excluding carboxylic acids is 1. The number of rotatable bonds is 8. The molecule has 3 N–H and O–H groups in total. The first-order valence-electron chi connectivity index (χ1n) is 6.75. The monoisotopic (exact) mass is 279 g/mol. The minimum atomic E-state index is -0.778. The van der Waals surface area contributed by atoms with Crippen molar-refractivity contribution in [2.75, 3.05) is 11.9 Å². The summed E-state index contributed by atoms with van der Waals surface area (Å²) < 4.78 is 0. The van der Waals surface area contributed by atoms with Gasteiger partial charge in [-0.2, -0.15) is 0 Å². The number of aliphatic carboxylic acids is 1. The lowest BCUT2D eigenvalue weighted by atomic mass is 10.1. The van der Waals surface area contributed by atoms with Gasteiger partial charge in [0, 0.05) is 30.9 Å². The van der Waals surface area contributed by atoms with Crippen LogP contribution in [0, 0.1) is 0 Å². The van der Waals surface area contributed by atoms with Crippen LogP contribution in [0.1, 0.15) is 43.6 Å². The van der Waals surface area contributed by atoms with Gasteiger partial charge in [-0.1, -0.05) is 0 Å². The number of hydrogen-bond acceptors (Lipinski definition) is 4. The highest BCUT2D eigenvalue weighted by molar-refractivity contribution is 5.93. The molecule has 0 bridgehead atoms. The fraction of sp³-hybridized carbons (Fsp3) is 0.500. The molecule has 0 aliphatic carbocycles. The molecule has 1 aromatic heterocycles. The Labute approximate surface area is 118 Å². The molecule has 0 fully saturated rings. The van der Waals surface area contributed by atoms with Crippen LogP contribution in [0.2, 0.25) is 0 Å². The normalized spacial score (nSPS) is 11.7. The molecule has 0 saturated heterocycles. The van der Waals surface area contributed by atoms with Gasteiger partial charge in [0.1, 0.15) is 5.69 Å². The zero-order chi connectivity index (χ0) is 15.0. The molecule has 1 heterocycles. The molecule has 20 heavy (non-hydrogen) atoms. The summed E-state index contributed by atoms with van der Waals surface area (Å²) in [4.78, 5) is 26.1. The van der Waals surface area contributed by atoms with E-state index in [1.807, 2.05) is 13.8 Å². The molecule has 1 unspecified atom stereocenters. The number of anilines is 1. The van der Waals surface area contributed by atoms with E-state index in [1.54, 1.807) is 18.3 Å². The van der Waals surface area contributed by atoms with E-state index in [9.17, 15) is 9.59 Å².